The van der Waals surface area contributed by atoms with Crippen molar-refractivity contribution in [3.63, 3.8) is 0 Å². The molecule has 282 valence electrons. The van der Waals surface area contributed by atoms with Crippen molar-refractivity contribution in [3.8, 4) is 0 Å². The molecular weight excluding hydrogens is 682 g/mol. The van der Waals surface area contributed by atoms with Gasteiger partial charge in [0.15, 0.2) is 0 Å². The lowest BCUT2D eigenvalue weighted by atomic mass is 9.55. The van der Waals surface area contributed by atoms with Crippen molar-refractivity contribution in [1.29, 1.82) is 0 Å². The molecule has 9 aliphatic carbocycles. The Kier molecular flexibility index (Phi) is 8.96. The normalized spacial score (nSPS) is 40.2. The summed E-state index contributed by atoms with van der Waals surface area (Å²) in [5.41, 5.74) is 7.86. The van der Waals surface area contributed by atoms with Gasteiger partial charge in [0.1, 0.15) is 0 Å². The monoisotopic (exact) mass is 746 g/mol. The van der Waals surface area contributed by atoms with E-state index < -0.39 is 0 Å². The molecule has 2 atom stereocenters. The highest BCUT2D eigenvalue weighted by Crippen LogP contribution is 2.80. The molecule has 2 aromatic rings. The Bertz CT molecular complexity index is 1590. The van der Waals surface area contributed by atoms with Crippen LogP contribution in [0.25, 0.3) is 5.57 Å². The van der Waals surface area contributed by atoms with Crippen molar-refractivity contribution in [2.45, 2.75) is 124 Å². The maximum Gasteiger partial charge on any atom is 0.0735 e. The fourth-order valence-corrected chi connectivity index (χ4v) is 21.4. The molecule has 53 heavy (non-hydrogen) atoms. The zero-order chi connectivity index (χ0) is 35.2. The average Bonchev–Trinajstić information content (AvgIpc) is 3.57. The summed E-state index contributed by atoms with van der Waals surface area (Å²) in [6.45, 7) is 4.31. The molecule has 2 aliphatic heterocycles. The molecule has 0 radical (unpaired) electrons. The smallest absolute Gasteiger partial charge is 0.0735 e. The number of allylic oxidation sites excluding steroid dienone is 3. The van der Waals surface area contributed by atoms with E-state index in [4.69, 9.17) is 0 Å². The molecular formula is C47H64N4P2. The first-order valence-electron chi connectivity index (χ1n) is 22.0. The van der Waals surface area contributed by atoms with E-state index in [1.54, 1.807) is 88.2 Å². The van der Waals surface area contributed by atoms with Crippen molar-refractivity contribution in [1.82, 2.24) is 21.3 Å². The zero-order valence-corrected chi connectivity index (χ0v) is 34.1. The number of hydrogen-bond acceptors (Lipinski definition) is 4. The molecule has 8 saturated carbocycles. The minimum Gasteiger partial charge on any atom is -0.301 e. The largest absolute Gasteiger partial charge is 0.301 e. The quantitative estimate of drug-likeness (QED) is 0.194. The lowest BCUT2D eigenvalue weighted by Crippen LogP contribution is -2.71. The van der Waals surface area contributed by atoms with Gasteiger partial charge in [0, 0.05) is 5.92 Å². The molecule has 0 spiro atoms. The Morgan fingerprint density at radius 2 is 1.00 bits per heavy atom. The predicted octanol–water partition coefficient (Wildman–Crippen LogP) is 9.02. The third-order valence-corrected chi connectivity index (χ3v) is 21.6. The highest BCUT2D eigenvalue weighted by molar-refractivity contribution is 7.61. The van der Waals surface area contributed by atoms with Gasteiger partial charge in [-0.15, -0.1) is 9.24 Å². The molecule has 2 heterocycles. The minimum absolute atomic E-state index is 0.183. The Labute approximate surface area is 323 Å². The number of benzene rings is 2. The molecule has 6 heteroatoms. The molecule has 2 saturated heterocycles. The molecule has 4 nitrogen and oxygen atoms in total. The average molecular weight is 747 g/mol. The van der Waals surface area contributed by atoms with Gasteiger partial charge in [0.2, 0.25) is 0 Å². The van der Waals surface area contributed by atoms with Crippen molar-refractivity contribution in [2.75, 3.05) is 32.3 Å². The zero-order valence-electron chi connectivity index (χ0n) is 32.0. The predicted molar refractivity (Wildman–Crippen MR) is 225 cm³/mol. The Morgan fingerprint density at radius 1 is 0.585 bits per heavy atom. The maximum absolute atomic E-state index is 4.06. The van der Waals surface area contributed by atoms with Gasteiger partial charge in [-0.05, 0) is 196 Å². The highest BCUT2D eigenvalue weighted by atomic mass is 31.1. The van der Waals surface area contributed by atoms with E-state index in [-0.39, 0.29) is 25.4 Å². The fraction of sp³-hybridized carbons (Fsp3) is 0.660. The van der Waals surface area contributed by atoms with E-state index in [1.807, 2.05) is 0 Å². The van der Waals surface area contributed by atoms with Crippen molar-refractivity contribution in [2.24, 2.45) is 35.5 Å². The summed E-state index contributed by atoms with van der Waals surface area (Å²) in [6.07, 6.45) is 25.5. The van der Waals surface area contributed by atoms with E-state index in [9.17, 15) is 0 Å². The Hall–Kier alpha value is -1.38. The first kappa shape index (κ1) is 34.8. The van der Waals surface area contributed by atoms with Gasteiger partial charge in [-0.25, -0.2) is 0 Å². The molecule has 10 fully saturated rings. The molecule has 0 aromatic heterocycles. The van der Waals surface area contributed by atoms with Crippen LogP contribution >= 0.6 is 17.2 Å². The van der Waals surface area contributed by atoms with Crippen LogP contribution < -0.4 is 21.3 Å². The van der Waals surface area contributed by atoms with E-state index >= 15 is 0 Å². The van der Waals surface area contributed by atoms with Crippen molar-refractivity contribution < 1.29 is 0 Å². The number of nitrogens with one attached hydrogen (secondary N) is 4. The van der Waals surface area contributed by atoms with E-state index in [2.05, 4.69) is 97.2 Å². The van der Waals surface area contributed by atoms with E-state index in [1.165, 1.54) is 35.7 Å². The van der Waals surface area contributed by atoms with Crippen LogP contribution in [0, 0.1) is 35.5 Å². The topological polar surface area (TPSA) is 48.1 Å². The summed E-state index contributed by atoms with van der Waals surface area (Å²) >= 11 is 0. The second-order valence-corrected chi connectivity index (χ2v) is 24.0. The molecule has 11 aliphatic rings. The standard InChI is InChI=1S/C47H64N4P2/c52-47(43-48-13-7-14-49-43,44-50-15-8-16-51-44)41-23-39(37-9-3-1-4-10-37)42(38-11-5-2-6-12-38)40(41)30-53(45-24-31-17-32(25-45)19-33(18-31)26-45)46-27-34-20-35(28-46)22-36(21-34)29-46/h1-6,9-12,23,31-36,42-44,48-51H,7-8,13-22,24-30,52H2. The number of hydrogen-bond donors (Lipinski definition) is 4. The van der Waals surface area contributed by atoms with E-state index in [0.717, 1.165) is 61.7 Å². The van der Waals surface area contributed by atoms with Crippen LogP contribution in [0.5, 0.6) is 0 Å². The first-order chi connectivity index (χ1) is 26.0. The van der Waals surface area contributed by atoms with Crippen LogP contribution in [0.2, 0.25) is 0 Å². The number of rotatable bonds is 9. The van der Waals surface area contributed by atoms with Gasteiger partial charge in [-0.2, -0.15) is 0 Å². The van der Waals surface area contributed by atoms with Crippen LogP contribution in [0.3, 0.4) is 0 Å². The summed E-state index contributed by atoms with van der Waals surface area (Å²) in [4.78, 5) is 0. The van der Waals surface area contributed by atoms with Gasteiger partial charge >= 0.3 is 0 Å². The molecule has 2 unspecified atom stereocenters. The van der Waals surface area contributed by atoms with Gasteiger partial charge in [-0.1, -0.05) is 74.7 Å². The van der Waals surface area contributed by atoms with Gasteiger partial charge < -0.3 is 21.3 Å². The Morgan fingerprint density at radius 3 is 1.43 bits per heavy atom. The van der Waals surface area contributed by atoms with Crippen LogP contribution in [-0.4, -0.2) is 60.1 Å². The van der Waals surface area contributed by atoms with Gasteiger partial charge in [0.25, 0.3) is 0 Å². The Balaban J connectivity index is 1.12. The van der Waals surface area contributed by atoms with Crippen molar-refractivity contribution in [3.05, 3.63) is 89.0 Å². The van der Waals surface area contributed by atoms with Crippen molar-refractivity contribution >= 4 is 22.7 Å². The van der Waals surface area contributed by atoms with Gasteiger partial charge in [0.05, 0.1) is 17.5 Å². The summed E-state index contributed by atoms with van der Waals surface area (Å²) in [7, 11) is 3.36. The maximum atomic E-state index is 4.06. The lowest BCUT2D eigenvalue weighted by molar-refractivity contribution is 0.0187. The summed E-state index contributed by atoms with van der Waals surface area (Å²) in [5, 5.41) is 17.2. The van der Waals surface area contributed by atoms with Gasteiger partial charge in [-0.3, -0.25) is 0 Å². The molecule has 13 rings (SSSR count). The van der Waals surface area contributed by atoms with Crippen LogP contribution in [0.4, 0.5) is 0 Å². The second kappa shape index (κ2) is 13.6. The second-order valence-electron chi connectivity index (χ2n) is 19.9. The van der Waals surface area contributed by atoms with Crippen LogP contribution in [0.15, 0.2) is 77.9 Å². The SMILES string of the molecule is PC(C1=C(CP(C23CC4CC(CC(C4)C2)C3)C23CC4CC(CC(C4)C2)C3)C(c2ccccc2)C(c2ccccc2)=C1)(C1NCCCN1)C1NCCCN1. The minimum atomic E-state index is -0.232. The highest BCUT2D eigenvalue weighted by Gasteiger charge is 2.63. The summed E-state index contributed by atoms with van der Waals surface area (Å²) < 4.78 is 0. The summed E-state index contributed by atoms with van der Waals surface area (Å²) in [6, 6.07) is 23.4. The molecule has 2 aromatic carbocycles. The lowest BCUT2D eigenvalue weighted by Gasteiger charge is -2.68. The molecule has 0 amide bonds. The first-order valence-corrected chi connectivity index (χ1v) is 24.1. The van der Waals surface area contributed by atoms with Crippen LogP contribution in [0.1, 0.15) is 107 Å². The van der Waals surface area contributed by atoms with E-state index in [0.29, 0.717) is 16.2 Å². The third-order valence-electron chi connectivity index (χ3n) is 16.6. The third kappa shape index (κ3) is 5.88. The van der Waals surface area contributed by atoms with Crippen LogP contribution in [-0.2, 0) is 0 Å². The molecule has 4 N–H and O–H groups in total. The molecule has 8 bridgehead atoms. The summed E-state index contributed by atoms with van der Waals surface area (Å²) in [5.74, 6) is 6.34. The fourth-order valence-electron chi connectivity index (χ4n) is 15.4.